The topological polar surface area (TPSA) is 23.9 Å². The molecule has 1 N–H and O–H groups in total. The fourth-order valence-corrected chi connectivity index (χ4v) is 1.78. The maximum Gasteiger partial charge on any atom is 0.0133 e. The van der Waals surface area contributed by atoms with Crippen molar-refractivity contribution in [2.75, 3.05) is 0 Å². The molecule has 0 saturated heterocycles. The Kier molecular flexibility index (Phi) is 1.94. The molecule has 1 aliphatic carbocycles. The van der Waals surface area contributed by atoms with Gasteiger partial charge in [-0.3, -0.25) is 0 Å². The summed E-state index contributed by atoms with van der Waals surface area (Å²) in [4.78, 5) is 0. The van der Waals surface area contributed by atoms with E-state index in [2.05, 4.69) is 24.3 Å². The summed E-state index contributed by atoms with van der Waals surface area (Å²) in [6.45, 7) is 0. The van der Waals surface area contributed by atoms with E-state index in [-0.39, 0.29) is 0 Å². The van der Waals surface area contributed by atoms with Crippen molar-refractivity contribution < 1.29 is 0 Å². The fraction of sp³-hybridized carbons (Fsp3) is 0.364. The van der Waals surface area contributed by atoms with Crippen LogP contribution in [0.4, 0.5) is 0 Å². The molecule has 0 aromatic heterocycles. The Morgan fingerprint density at radius 3 is 2.58 bits per heavy atom. The lowest BCUT2D eigenvalue weighted by atomic mass is 10.0. The summed E-state index contributed by atoms with van der Waals surface area (Å²) in [5.74, 6) is 0. The van der Waals surface area contributed by atoms with Gasteiger partial charge in [0.15, 0.2) is 0 Å². The van der Waals surface area contributed by atoms with E-state index in [4.69, 9.17) is 5.41 Å². The second kappa shape index (κ2) is 3.10. The molecule has 62 valence electrons. The van der Waals surface area contributed by atoms with Crippen molar-refractivity contribution in [2.24, 2.45) is 0 Å². The number of benzene rings is 1. The van der Waals surface area contributed by atoms with Gasteiger partial charge in [-0.05, 0) is 30.4 Å². The number of nitrogens with one attached hydrogen (secondary N) is 1. The van der Waals surface area contributed by atoms with Crippen molar-refractivity contribution in [3.63, 3.8) is 0 Å². The molecule has 0 atom stereocenters. The van der Waals surface area contributed by atoms with Crippen LogP contribution in [-0.4, -0.2) is 5.71 Å². The maximum atomic E-state index is 7.66. The quantitative estimate of drug-likeness (QED) is 0.563. The monoisotopic (exact) mass is 159 g/mol. The van der Waals surface area contributed by atoms with E-state index in [9.17, 15) is 0 Å². The highest BCUT2D eigenvalue weighted by Gasteiger charge is 2.09. The van der Waals surface area contributed by atoms with Crippen molar-refractivity contribution in [3.8, 4) is 0 Å². The molecule has 0 spiro atoms. The van der Waals surface area contributed by atoms with Crippen LogP contribution in [0.5, 0.6) is 0 Å². The Labute approximate surface area is 72.9 Å². The molecule has 0 radical (unpaired) electrons. The van der Waals surface area contributed by atoms with Crippen LogP contribution >= 0.6 is 0 Å². The van der Waals surface area contributed by atoms with Gasteiger partial charge in [0.2, 0.25) is 0 Å². The van der Waals surface area contributed by atoms with Gasteiger partial charge in [0.05, 0.1) is 0 Å². The van der Waals surface area contributed by atoms with Gasteiger partial charge in [0, 0.05) is 12.1 Å². The first-order valence-electron chi connectivity index (χ1n) is 4.49. The van der Waals surface area contributed by atoms with Crippen molar-refractivity contribution in [1.82, 2.24) is 0 Å². The first-order valence-corrected chi connectivity index (χ1v) is 4.49. The van der Waals surface area contributed by atoms with E-state index >= 15 is 0 Å². The molecule has 0 fully saturated rings. The van der Waals surface area contributed by atoms with Crippen molar-refractivity contribution >= 4 is 5.71 Å². The molecule has 1 aliphatic rings. The van der Waals surface area contributed by atoms with Gasteiger partial charge in [-0.15, -0.1) is 0 Å². The minimum absolute atomic E-state index is 0.871. The number of rotatable bonds is 0. The number of aryl methyl sites for hydroxylation is 1. The van der Waals surface area contributed by atoms with Crippen LogP contribution in [0, 0.1) is 5.41 Å². The van der Waals surface area contributed by atoms with Crippen LogP contribution in [0.3, 0.4) is 0 Å². The third-order valence-corrected chi connectivity index (χ3v) is 2.45. The standard InChI is InChI=1S/C11H13N/c12-11-7-3-6-9-4-1-2-5-10(9)8-11/h1-2,4-5,12H,3,6-8H2. The van der Waals surface area contributed by atoms with Crippen LogP contribution in [0.15, 0.2) is 24.3 Å². The van der Waals surface area contributed by atoms with E-state index in [0.717, 1.165) is 31.4 Å². The second-order valence-electron chi connectivity index (χ2n) is 3.40. The molecule has 0 heterocycles. The van der Waals surface area contributed by atoms with Crippen molar-refractivity contribution in [1.29, 1.82) is 5.41 Å². The molecular weight excluding hydrogens is 146 g/mol. The third kappa shape index (κ3) is 1.40. The molecule has 1 nitrogen and oxygen atoms in total. The molecule has 2 rings (SSSR count). The molecular formula is C11H13N. The lowest BCUT2D eigenvalue weighted by molar-refractivity contribution is 0.872. The predicted molar refractivity (Wildman–Crippen MR) is 50.8 cm³/mol. The second-order valence-corrected chi connectivity index (χ2v) is 3.40. The van der Waals surface area contributed by atoms with E-state index in [1.54, 1.807) is 0 Å². The molecule has 0 aliphatic heterocycles. The summed E-state index contributed by atoms with van der Waals surface area (Å²) in [5.41, 5.74) is 3.69. The lowest BCUT2D eigenvalue weighted by Crippen LogP contribution is -1.98. The molecule has 1 aromatic carbocycles. The third-order valence-electron chi connectivity index (χ3n) is 2.45. The molecule has 0 saturated carbocycles. The highest BCUT2D eigenvalue weighted by Crippen LogP contribution is 2.17. The van der Waals surface area contributed by atoms with Crippen molar-refractivity contribution in [3.05, 3.63) is 35.4 Å². The van der Waals surface area contributed by atoms with Crippen LogP contribution in [0.25, 0.3) is 0 Å². The number of hydrogen-bond acceptors (Lipinski definition) is 1. The molecule has 0 amide bonds. The van der Waals surface area contributed by atoms with Gasteiger partial charge in [-0.1, -0.05) is 24.3 Å². The first-order chi connectivity index (χ1) is 5.86. The normalized spacial score (nSPS) is 16.8. The van der Waals surface area contributed by atoms with Gasteiger partial charge in [0.25, 0.3) is 0 Å². The maximum absolute atomic E-state index is 7.66. The van der Waals surface area contributed by atoms with Crippen LogP contribution in [0.1, 0.15) is 24.0 Å². The van der Waals surface area contributed by atoms with Gasteiger partial charge < -0.3 is 5.41 Å². The smallest absolute Gasteiger partial charge is 0.0133 e. The van der Waals surface area contributed by atoms with E-state index in [0.29, 0.717) is 0 Å². The zero-order valence-corrected chi connectivity index (χ0v) is 7.14. The summed E-state index contributed by atoms with van der Waals surface area (Å²) >= 11 is 0. The van der Waals surface area contributed by atoms with Crippen LogP contribution in [0.2, 0.25) is 0 Å². The SMILES string of the molecule is N=C1CCCc2ccccc2C1. The molecule has 0 unspecified atom stereocenters. The van der Waals surface area contributed by atoms with E-state index in [1.165, 1.54) is 11.1 Å². The summed E-state index contributed by atoms with van der Waals surface area (Å²) in [7, 11) is 0. The Balaban J connectivity index is 2.37. The zero-order valence-electron chi connectivity index (χ0n) is 7.14. The number of fused-ring (bicyclic) bond motifs is 1. The summed E-state index contributed by atoms with van der Waals surface area (Å²) < 4.78 is 0. The predicted octanol–water partition coefficient (Wildman–Crippen LogP) is 2.59. The van der Waals surface area contributed by atoms with Gasteiger partial charge in [-0.25, -0.2) is 0 Å². The average molecular weight is 159 g/mol. The lowest BCUT2D eigenvalue weighted by Gasteiger charge is -2.02. The number of hydrogen-bond donors (Lipinski definition) is 1. The van der Waals surface area contributed by atoms with Crippen LogP contribution in [-0.2, 0) is 12.8 Å². The highest BCUT2D eigenvalue weighted by atomic mass is 14.4. The first kappa shape index (κ1) is 7.53. The van der Waals surface area contributed by atoms with E-state index < -0.39 is 0 Å². The highest BCUT2D eigenvalue weighted by molar-refractivity contribution is 5.84. The van der Waals surface area contributed by atoms with Gasteiger partial charge in [0.1, 0.15) is 0 Å². The fourth-order valence-electron chi connectivity index (χ4n) is 1.78. The summed E-state index contributed by atoms with van der Waals surface area (Å²) in [5, 5.41) is 7.66. The summed E-state index contributed by atoms with van der Waals surface area (Å²) in [6.07, 6.45) is 4.15. The van der Waals surface area contributed by atoms with Gasteiger partial charge in [-0.2, -0.15) is 0 Å². The summed E-state index contributed by atoms with van der Waals surface area (Å²) in [6, 6.07) is 8.49. The van der Waals surface area contributed by atoms with Crippen molar-refractivity contribution in [2.45, 2.75) is 25.7 Å². The Hall–Kier alpha value is -1.11. The zero-order chi connectivity index (χ0) is 8.39. The minimum atomic E-state index is 0.871. The molecule has 1 heteroatoms. The minimum Gasteiger partial charge on any atom is -0.309 e. The average Bonchev–Trinajstić information content (AvgIpc) is 2.25. The Morgan fingerprint density at radius 1 is 1.00 bits per heavy atom. The Morgan fingerprint density at radius 2 is 1.75 bits per heavy atom. The Bertz CT molecular complexity index is 302. The molecule has 1 aromatic rings. The largest absolute Gasteiger partial charge is 0.309 e. The molecule has 12 heavy (non-hydrogen) atoms. The van der Waals surface area contributed by atoms with Crippen LogP contribution < -0.4 is 0 Å². The van der Waals surface area contributed by atoms with Gasteiger partial charge >= 0.3 is 0 Å². The van der Waals surface area contributed by atoms with E-state index in [1.807, 2.05) is 0 Å². The molecule has 0 bridgehead atoms.